The molecule has 0 spiro atoms. The van der Waals surface area contributed by atoms with Crippen LogP contribution in [0.2, 0.25) is 0 Å². The third kappa shape index (κ3) is 2.64. The number of aryl methyl sites for hydroxylation is 1. The second kappa shape index (κ2) is 4.58. The van der Waals surface area contributed by atoms with E-state index in [-0.39, 0.29) is 0 Å². The molecule has 1 aromatic rings. The van der Waals surface area contributed by atoms with Crippen molar-refractivity contribution in [1.29, 1.82) is 0 Å². The van der Waals surface area contributed by atoms with E-state index in [1.54, 1.807) is 0 Å². The first-order valence-corrected chi connectivity index (χ1v) is 6.65. The van der Waals surface area contributed by atoms with E-state index in [4.69, 9.17) is 0 Å². The lowest BCUT2D eigenvalue weighted by Crippen LogP contribution is -2.34. The van der Waals surface area contributed by atoms with Gasteiger partial charge in [-0.3, -0.25) is 0 Å². The van der Waals surface area contributed by atoms with Gasteiger partial charge in [-0.1, -0.05) is 0 Å². The molecule has 1 heterocycles. The Kier molecular flexibility index (Phi) is 2.96. The van der Waals surface area contributed by atoms with Gasteiger partial charge < -0.3 is 10.3 Å². The van der Waals surface area contributed by atoms with Gasteiger partial charge in [0.2, 0.25) is 0 Å². The predicted molar refractivity (Wildman–Crippen MR) is 64.1 cm³/mol. The summed E-state index contributed by atoms with van der Waals surface area (Å²) in [5, 5.41) is 3.76. The SMILES string of the molecule is c1c[nH]c(CCCNC(C2CC2)C2CC2)n1. The highest BCUT2D eigenvalue weighted by Crippen LogP contribution is 2.44. The lowest BCUT2D eigenvalue weighted by molar-refractivity contribution is 0.414. The van der Waals surface area contributed by atoms with Gasteiger partial charge in [-0.2, -0.15) is 0 Å². The van der Waals surface area contributed by atoms with Crippen molar-refractivity contribution >= 4 is 0 Å². The molecule has 2 fully saturated rings. The monoisotopic (exact) mass is 219 g/mol. The number of aromatic nitrogens is 2. The summed E-state index contributed by atoms with van der Waals surface area (Å²) in [5.41, 5.74) is 0. The molecular weight excluding hydrogens is 198 g/mol. The summed E-state index contributed by atoms with van der Waals surface area (Å²) in [4.78, 5) is 7.40. The Bertz CT molecular complexity index is 300. The lowest BCUT2D eigenvalue weighted by Gasteiger charge is -2.17. The molecule has 0 atom stereocenters. The van der Waals surface area contributed by atoms with Crippen molar-refractivity contribution in [3.63, 3.8) is 0 Å². The lowest BCUT2D eigenvalue weighted by atomic mass is 10.1. The highest BCUT2D eigenvalue weighted by atomic mass is 14.9. The molecule has 2 aliphatic rings. The molecule has 3 heteroatoms. The van der Waals surface area contributed by atoms with E-state index in [2.05, 4.69) is 15.3 Å². The second-order valence-electron chi connectivity index (χ2n) is 5.29. The van der Waals surface area contributed by atoms with Gasteiger partial charge in [0.15, 0.2) is 0 Å². The van der Waals surface area contributed by atoms with E-state index in [0.717, 1.165) is 36.7 Å². The number of imidazole rings is 1. The van der Waals surface area contributed by atoms with E-state index < -0.39 is 0 Å². The molecule has 88 valence electrons. The van der Waals surface area contributed by atoms with Crippen LogP contribution in [0.3, 0.4) is 0 Å². The topological polar surface area (TPSA) is 40.7 Å². The number of hydrogen-bond acceptors (Lipinski definition) is 2. The number of rotatable bonds is 7. The van der Waals surface area contributed by atoms with Crippen LogP contribution in [0, 0.1) is 11.8 Å². The minimum Gasteiger partial charge on any atom is -0.349 e. The third-order valence-corrected chi connectivity index (χ3v) is 3.79. The Balaban J connectivity index is 1.35. The zero-order valence-electron chi connectivity index (χ0n) is 9.78. The molecule has 2 aliphatic carbocycles. The van der Waals surface area contributed by atoms with Gasteiger partial charge in [0.05, 0.1) is 0 Å². The van der Waals surface area contributed by atoms with Crippen molar-refractivity contribution in [3.8, 4) is 0 Å². The molecule has 1 aromatic heterocycles. The fraction of sp³-hybridized carbons (Fsp3) is 0.769. The maximum absolute atomic E-state index is 4.24. The van der Waals surface area contributed by atoms with Crippen LogP contribution in [-0.2, 0) is 6.42 Å². The largest absolute Gasteiger partial charge is 0.349 e. The molecule has 0 unspecified atom stereocenters. The zero-order valence-corrected chi connectivity index (χ0v) is 9.78. The van der Waals surface area contributed by atoms with Crippen molar-refractivity contribution in [1.82, 2.24) is 15.3 Å². The summed E-state index contributed by atoms with van der Waals surface area (Å²) in [6.45, 7) is 1.15. The summed E-state index contributed by atoms with van der Waals surface area (Å²) in [6.07, 6.45) is 11.9. The normalized spacial score (nSPS) is 20.6. The number of aromatic amines is 1. The smallest absolute Gasteiger partial charge is 0.106 e. The van der Waals surface area contributed by atoms with E-state index in [1.807, 2.05) is 12.4 Å². The molecule has 16 heavy (non-hydrogen) atoms. The number of H-pyrrole nitrogens is 1. The molecule has 2 N–H and O–H groups in total. The Morgan fingerprint density at radius 2 is 2.06 bits per heavy atom. The van der Waals surface area contributed by atoms with Gasteiger partial charge in [0.25, 0.3) is 0 Å². The van der Waals surface area contributed by atoms with Gasteiger partial charge >= 0.3 is 0 Å². The van der Waals surface area contributed by atoms with Crippen LogP contribution in [0.15, 0.2) is 12.4 Å². The number of nitrogens with zero attached hydrogens (tertiary/aromatic N) is 1. The average Bonchev–Trinajstić information content (AvgIpc) is 3.20. The summed E-state index contributed by atoms with van der Waals surface area (Å²) >= 11 is 0. The van der Waals surface area contributed by atoms with Gasteiger partial charge in [0.1, 0.15) is 5.82 Å². The van der Waals surface area contributed by atoms with Crippen molar-refractivity contribution in [3.05, 3.63) is 18.2 Å². The molecule has 3 rings (SSSR count). The molecule has 0 radical (unpaired) electrons. The molecule has 0 aliphatic heterocycles. The Hall–Kier alpha value is -0.830. The van der Waals surface area contributed by atoms with E-state index in [1.165, 1.54) is 32.1 Å². The van der Waals surface area contributed by atoms with Gasteiger partial charge in [-0.05, 0) is 50.5 Å². The van der Waals surface area contributed by atoms with Crippen molar-refractivity contribution in [2.75, 3.05) is 6.54 Å². The summed E-state index contributed by atoms with van der Waals surface area (Å²) in [6, 6.07) is 0.844. The van der Waals surface area contributed by atoms with Crippen LogP contribution in [0.4, 0.5) is 0 Å². The minimum atomic E-state index is 0.844. The molecule has 3 nitrogen and oxygen atoms in total. The standard InChI is InChI=1S/C13H21N3/c1(2-12-14-8-9-15-12)7-16-13(10-3-4-10)11-5-6-11/h8-11,13,16H,1-7H2,(H,14,15). The Morgan fingerprint density at radius 1 is 1.31 bits per heavy atom. The molecule has 0 aromatic carbocycles. The first-order valence-electron chi connectivity index (χ1n) is 6.65. The minimum absolute atomic E-state index is 0.844. The summed E-state index contributed by atoms with van der Waals surface area (Å²) < 4.78 is 0. The van der Waals surface area contributed by atoms with Crippen molar-refractivity contribution < 1.29 is 0 Å². The Morgan fingerprint density at radius 3 is 2.62 bits per heavy atom. The van der Waals surface area contributed by atoms with E-state index in [0.29, 0.717) is 0 Å². The van der Waals surface area contributed by atoms with Gasteiger partial charge in [0, 0.05) is 24.9 Å². The first-order chi connectivity index (χ1) is 7.93. The molecule has 0 bridgehead atoms. The Labute approximate surface area is 97.0 Å². The van der Waals surface area contributed by atoms with Crippen molar-refractivity contribution in [2.45, 2.75) is 44.6 Å². The van der Waals surface area contributed by atoms with E-state index >= 15 is 0 Å². The zero-order chi connectivity index (χ0) is 10.8. The summed E-state index contributed by atoms with van der Waals surface area (Å²) in [5.74, 6) is 3.14. The van der Waals surface area contributed by atoms with E-state index in [9.17, 15) is 0 Å². The van der Waals surface area contributed by atoms with Crippen LogP contribution in [-0.4, -0.2) is 22.6 Å². The third-order valence-electron chi connectivity index (χ3n) is 3.79. The van der Waals surface area contributed by atoms with Gasteiger partial charge in [-0.15, -0.1) is 0 Å². The first kappa shape index (κ1) is 10.3. The highest BCUT2D eigenvalue weighted by molar-refractivity contribution is 4.96. The van der Waals surface area contributed by atoms with Crippen LogP contribution < -0.4 is 5.32 Å². The molecular formula is C13H21N3. The van der Waals surface area contributed by atoms with Crippen LogP contribution in [0.1, 0.15) is 37.9 Å². The quantitative estimate of drug-likeness (QED) is 0.690. The average molecular weight is 219 g/mol. The second-order valence-corrected chi connectivity index (χ2v) is 5.29. The predicted octanol–water partition coefficient (Wildman–Crippen LogP) is 2.12. The number of hydrogen-bond donors (Lipinski definition) is 2. The molecule has 0 amide bonds. The highest BCUT2D eigenvalue weighted by Gasteiger charge is 2.40. The van der Waals surface area contributed by atoms with Gasteiger partial charge in [-0.25, -0.2) is 4.98 Å². The van der Waals surface area contributed by atoms with Crippen LogP contribution in [0.25, 0.3) is 0 Å². The fourth-order valence-corrected chi connectivity index (χ4v) is 2.59. The maximum atomic E-state index is 4.24. The summed E-state index contributed by atoms with van der Waals surface area (Å²) in [7, 11) is 0. The molecule has 2 saturated carbocycles. The molecule has 0 saturated heterocycles. The van der Waals surface area contributed by atoms with Crippen molar-refractivity contribution in [2.24, 2.45) is 11.8 Å². The fourth-order valence-electron chi connectivity index (χ4n) is 2.59. The maximum Gasteiger partial charge on any atom is 0.106 e. The van der Waals surface area contributed by atoms with Crippen LogP contribution >= 0.6 is 0 Å². The van der Waals surface area contributed by atoms with Crippen LogP contribution in [0.5, 0.6) is 0 Å². The number of nitrogens with one attached hydrogen (secondary N) is 2.